The van der Waals surface area contributed by atoms with Crippen LogP contribution >= 0.6 is 11.3 Å². The quantitative estimate of drug-likeness (QED) is 0.615. The number of thiazole rings is 1. The Bertz CT molecular complexity index is 1020. The average molecular weight is 334 g/mol. The summed E-state index contributed by atoms with van der Waals surface area (Å²) in [4.78, 5) is 21.6. The summed E-state index contributed by atoms with van der Waals surface area (Å²) in [7, 11) is 0. The minimum absolute atomic E-state index is 0.208. The molecule has 1 N–H and O–H groups in total. The fourth-order valence-corrected chi connectivity index (χ4v) is 3.33. The lowest BCUT2D eigenvalue weighted by Crippen LogP contribution is -2.15. The number of fused-ring (bicyclic) bond motifs is 1. The van der Waals surface area contributed by atoms with Crippen molar-refractivity contribution in [1.29, 1.82) is 0 Å². The van der Waals surface area contributed by atoms with Crippen LogP contribution < -0.4 is 5.32 Å². The predicted octanol–water partition coefficient (Wildman–Crippen LogP) is 4.02. The van der Waals surface area contributed by atoms with Crippen LogP contribution in [0, 0.1) is 6.92 Å². The molecule has 0 fully saturated rings. The van der Waals surface area contributed by atoms with Crippen molar-refractivity contribution in [3.8, 4) is 11.3 Å². The highest BCUT2D eigenvalue weighted by Crippen LogP contribution is 2.25. The summed E-state index contributed by atoms with van der Waals surface area (Å²) in [6.07, 6.45) is 1.83. The molecule has 5 nitrogen and oxygen atoms in total. The minimum atomic E-state index is -0.208. The van der Waals surface area contributed by atoms with E-state index in [1.807, 2.05) is 67.0 Å². The van der Waals surface area contributed by atoms with Gasteiger partial charge in [-0.3, -0.25) is 14.5 Å². The number of nitrogens with zero attached hydrogens (tertiary/aromatic N) is 3. The Balaban J connectivity index is 1.63. The standard InChI is InChI=1S/C18H14N4OS/c1-12-16(22-10-6-5-9-15(22)19-12)17(23)21-18-20-14(11-24-18)13-7-3-2-4-8-13/h2-11H,1H3,(H,20,21,23). The van der Waals surface area contributed by atoms with Crippen molar-refractivity contribution in [2.75, 3.05) is 5.32 Å². The summed E-state index contributed by atoms with van der Waals surface area (Å²) in [5.74, 6) is -0.208. The molecule has 0 bridgehead atoms. The van der Waals surface area contributed by atoms with Gasteiger partial charge in [0.25, 0.3) is 5.91 Å². The molecular formula is C18H14N4OS. The molecule has 0 aliphatic rings. The van der Waals surface area contributed by atoms with Crippen molar-refractivity contribution in [1.82, 2.24) is 14.4 Å². The summed E-state index contributed by atoms with van der Waals surface area (Å²) in [5, 5.41) is 5.39. The first kappa shape index (κ1) is 14.6. The highest BCUT2D eigenvalue weighted by atomic mass is 32.1. The van der Waals surface area contributed by atoms with Crippen LogP contribution in [0.1, 0.15) is 16.2 Å². The van der Waals surface area contributed by atoms with Crippen molar-refractivity contribution < 1.29 is 4.79 Å². The lowest BCUT2D eigenvalue weighted by molar-refractivity contribution is 0.102. The molecule has 0 atom stereocenters. The number of aromatic nitrogens is 3. The molecule has 24 heavy (non-hydrogen) atoms. The first-order chi connectivity index (χ1) is 11.7. The van der Waals surface area contributed by atoms with Gasteiger partial charge in [0.2, 0.25) is 0 Å². The van der Waals surface area contributed by atoms with E-state index < -0.39 is 0 Å². The Labute approximate surface area is 142 Å². The number of amides is 1. The van der Waals surface area contributed by atoms with E-state index >= 15 is 0 Å². The van der Waals surface area contributed by atoms with E-state index in [1.54, 1.807) is 4.40 Å². The summed E-state index contributed by atoms with van der Waals surface area (Å²) in [5.41, 5.74) is 3.86. The van der Waals surface area contributed by atoms with Gasteiger partial charge in [0.1, 0.15) is 11.3 Å². The number of anilines is 1. The Kier molecular flexibility index (Phi) is 3.59. The van der Waals surface area contributed by atoms with Gasteiger partial charge in [-0.05, 0) is 19.1 Å². The zero-order valence-electron chi connectivity index (χ0n) is 12.9. The van der Waals surface area contributed by atoms with Crippen LogP contribution in [0.5, 0.6) is 0 Å². The molecule has 0 aliphatic carbocycles. The van der Waals surface area contributed by atoms with Crippen molar-refractivity contribution >= 4 is 28.0 Å². The molecule has 118 valence electrons. The van der Waals surface area contributed by atoms with Crippen molar-refractivity contribution in [3.63, 3.8) is 0 Å². The second kappa shape index (κ2) is 5.90. The average Bonchev–Trinajstić information content (AvgIpc) is 3.19. The third-order valence-electron chi connectivity index (χ3n) is 3.71. The second-order valence-electron chi connectivity index (χ2n) is 5.33. The predicted molar refractivity (Wildman–Crippen MR) is 95.4 cm³/mol. The van der Waals surface area contributed by atoms with Gasteiger partial charge in [-0.1, -0.05) is 36.4 Å². The van der Waals surface area contributed by atoms with Gasteiger partial charge in [0.15, 0.2) is 5.13 Å². The largest absolute Gasteiger partial charge is 0.296 e. The van der Waals surface area contributed by atoms with Crippen molar-refractivity contribution in [3.05, 3.63) is 71.5 Å². The van der Waals surface area contributed by atoms with Crippen LogP contribution in [0.25, 0.3) is 16.9 Å². The summed E-state index contributed by atoms with van der Waals surface area (Å²) in [6.45, 7) is 1.83. The smallest absolute Gasteiger partial charge is 0.276 e. The number of nitrogens with one attached hydrogen (secondary N) is 1. The molecule has 4 aromatic rings. The van der Waals surface area contributed by atoms with Crippen LogP contribution in [-0.4, -0.2) is 20.3 Å². The fraction of sp³-hybridized carbons (Fsp3) is 0.0556. The molecule has 0 radical (unpaired) electrons. The maximum atomic E-state index is 12.7. The number of benzene rings is 1. The Morgan fingerprint density at radius 2 is 1.88 bits per heavy atom. The van der Waals surface area contributed by atoms with Crippen LogP contribution in [0.3, 0.4) is 0 Å². The monoisotopic (exact) mass is 334 g/mol. The van der Waals surface area contributed by atoms with Gasteiger partial charge >= 0.3 is 0 Å². The van der Waals surface area contributed by atoms with Gasteiger partial charge in [0.05, 0.1) is 11.4 Å². The summed E-state index contributed by atoms with van der Waals surface area (Å²) < 4.78 is 1.79. The van der Waals surface area contributed by atoms with E-state index in [4.69, 9.17) is 0 Å². The molecular weight excluding hydrogens is 320 g/mol. The van der Waals surface area contributed by atoms with E-state index in [1.165, 1.54) is 11.3 Å². The van der Waals surface area contributed by atoms with E-state index in [0.717, 1.165) is 16.9 Å². The lowest BCUT2D eigenvalue weighted by Gasteiger charge is -2.03. The van der Waals surface area contributed by atoms with E-state index in [2.05, 4.69) is 15.3 Å². The van der Waals surface area contributed by atoms with E-state index in [-0.39, 0.29) is 5.91 Å². The van der Waals surface area contributed by atoms with Crippen LogP contribution in [0.2, 0.25) is 0 Å². The van der Waals surface area contributed by atoms with Crippen LogP contribution in [-0.2, 0) is 0 Å². The van der Waals surface area contributed by atoms with Crippen molar-refractivity contribution in [2.45, 2.75) is 6.92 Å². The van der Waals surface area contributed by atoms with E-state index in [0.29, 0.717) is 16.5 Å². The molecule has 1 amide bonds. The number of imidazole rings is 1. The molecule has 0 saturated heterocycles. The number of pyridine rings is 1. The summed E-state index contributed by atoms with van der Waals surface area (Å²) >= 11 is 1.41. The van der Waals surface area contributed by atoms with Crippen LogP contribution in [0.4, 0.5) is 5.13 Å². The molecule has 4 rings (SSSR count). The second-order valence-corrected chi connectivity index (χ2v) is 6.19. The number of rotatable bonds is 3. The number of aryl methyl sites for hydroxylation is 1. The van der Waals surface area contributed by atoms with Gasteiger partial charge in [0, 0.05) is 17.1 Å². The van der Waals surface area contributed by atoms with Crippen LogP contribution in [0.15, 0.2) is 60.1 Å². The highest BCUT2D eigenvalue weighted by molar-refractivity contribution is 7.14. The first-order valence-electron chi connectivity index (χ1n) is 7.48. The first-order valence-corrected chi connectivity index (χ1v) is 8.36. The zero-order chi connectivity index (χ0) is 16.5. The summed E-state index contributed by atoms with van der Waals surface area (Å²) in [6, 6.07) is 15.5. The van der Waals surface area contributed by atoms with E-state index in [9.17, 15) is 4.79 Å². The molecule has 3 aromatic heterocycles. The fourth-order valence-electron chi connectivity index (χ4n) is 2.62. The molecule has 6 heteroatoms. The van der Waals surface area contributed by atoms with Gasteiger partial charge in [-0.25, -0.2) is 9.97 Å². The third kappa shape index (κ3) is 2.57. The van der Waals surface area contributed by atoms with Gasteiger partial charge in [-0.15, -0.1) is 11.3 Å². The SMILES string of the molecule is Cc1nc2ccccn2c1C(=O)Nc1nc(-c2ccccc2)cs1. The molecule has 0 aliphatic heterocycles. The topological polar surface area (TPSA) is 59.3 Å². The lowest BCUT2D eigenvalue weighted by atomic mass is 10.2. The molecule has 0 saturated carbocycles. The molecule has 0 spiro atoms. The number of carbonyl (C=O) groups is 1. The molecule has 0 unspecified atom stereocenters. The maximum absolute atomic E-state index is 12.7. The van der Waals surface area contributed by atoms with Gasteiger partial charge in [-0.2, -0.15) is 0 Å². The van der Waals surface area contributed by atoms with Crippen molar-refractivity contribution in [2.24, 2.45) is 0 Å². The zero-order valence-corrected chi connectivity index (χ0v) is 13.7. The minimum Gasteiger partial charge on any atom is -0.296 e. The number of carbonyl (C=O) groups excluding carboxylic acids is 1. The Morgan fingerprint density at radius 3 is 2.71 bits per heavy atom. The maximum Gasteiger partial charge on any atom is 0.276 e. The van der Waals surface area contributed by atoms with Gasteiger partial charge < -0.3 is 0 Å². The Morgan fingerprint density at radius 1 is 1.08 bits per heavy atom. The molecule has 3 heterocycles. The Hall–Kier alpha value is -2.99. The molecule has 1 aromatic carbocycles. The third-order valence-corrected chi connectivity index (χ3v) is 4.47. The number of hydrogen-bond donors (Lipinski definition) is 1. The highest BCUT2D eigenvalue weighted by Gasteiger charge is 2.17. The number of hydrogen-bond acceptors (Lipinski definition) is 4. The normalized spacial score (nSPS) is 10.9.